The Morgan fingerprint density at radius 3 is 2.80 bits per heavy atom. The predicted octanol–water partition coefficient (Wildman–Crippen LogP) is 3.48. The van der Waals surface area contributed by atoms with E-state index in [1.54, 1.807) is 29.1 Å². The summed E-state index contributed by atoms with van der Waals surface area (Å²) in [7, 11) is 1.84. The topological polar surface area (TPSA) is 46.9 Å². The van der Waals surface area contributed by atoms with Gasteiger partial charge in [0.2, 0.25) is 0 Å². The summed E-state index contributed by atoms with van der Waals surface area (Å²) >= 11 is 6.28. The monoisotopic (exact) mass is 285 g/mol. The predicted molar refractivity (Wildman–Crippen MR) is 80.1 cm³/mol. The lowest BCUT2D eigenvalue weighted by atomic mass is 10.1. The molecule has 0 unspecified atom stereocenters. The van der Waals surface area contributed by atoms with E-state index in [4.69, 9.17) is 11.6 Å². The molecule has 100 valence electrons. The molecule has 2 aromatic heterocycles. The van der Waals surface area contributed by atoms with Gasteiger partial charge in [0.05, 0.1) is 17.4 Å². The molecule has 3 aromatic rings. The molecule has 0 fully saturated rings. The van der Waals surface area contributed by atoms with Crippen LogP contribution in [0.2, 0.25) is 5.15 Å². The van der Waals surface area contributed by atoms with E-state index in [1.165, 1.54) is 0 Å². The van der Waals surface area contributed by atoms with Crippen molar-refractivity contribution in [3.8, 4) is 0 Å². The molecule has 1 N–H and O–H groups in total. The Bertz CT molecular complexity index is 780. The summed E-state index contributed by atoms with van der Waals surface area (Å²) in [5.41, 5.74) is 2.05. The molecule has 0 saturated carbocycles. The Kier molecular flexibility index (Phi) is 3.16. The maximum Gasteiger partial charge on any atom is 0.259 e. The summed E-state index contributed by atoms with van der Waals surface area (Å²) < 4.78 is 1.80. The average molecular weight is 286 g/mol. The summed E-state index contributed by atoms with van der Waals surface area (Å²) in [4.78, 5) is 16.4. The molecule has 0 bridgehead atoms. The maximum absolute atomic E-state index is 12.4. The van der Waals surface area contributed by atoms with Gasteiger partial charge in [0.1, 0.15) is 5.15 Å². The molecular weight excluding hydrogens is 274 g/mol. The number of nitrogens with one attached hydrogen (secondary N) is 1. The van der Waals surface area contributed by atoms with Crippen molar-refractivity contribution in [1.29, 1.82) is 0 Å². The van der Waals surface area contributed by atoms with Crippen LogP contribution in [-0.2, 0) is 7.05 Å². The van der Waals surface area contributed by atoms with Crippen LogP contribution in [0.3, 0.4) is 0 Å². The van der Waals surface area contributed by atoms with E-state index >= 15 is 0 Å². The molecule has 5 heteroatoms. The lowest BCUT2D eigenvalue weighted by Gasteiger charge is -2.04. The average Bonchev–Trinajstić information content (AvgIpc) is 2.72. The van der Waals surface area contributed by atoms with Crippen molar-refractivity contribution < 1.29 is 4.79 Å². The van der Waals surface area contributed by atoms with Crippen molar-refractivity contribution in [1.82, 2.24) is 9.55 Å². The first-order valence-electron chi connectivity index (χ1n) is 6.13. The number of hydrogen-bond donors (Lipinski definition) is 1. The minimum absolute atomic E-state index is 0.236. The van der Waals surface area contributed by atoms with E-state index in [2.05, 4.69) is 10.3 Å². The van der Waals surface area contributed by atoms with Gasteiger partial charge < -0.3 is 9.88 Å². The molecule has 1 amide bonds. The van der Waals surface area contributed by atoms with Crippen molar-refractivity contribution in [2.45, 2.75) is 0 Å². The van der Waals surface area contributed by atoms with Crippen molar-refractivity contribution in [3.05, 3.63) is 59.5 Å². The normalized spacial score (nSPS) is 10.7. The van der Waals surface area contributed by atoms with Gasteiger partial charge >= 0.3 is 0 Å². The van der Waals surface area contributed by atoms with Crippen molar-refractivity contribution in [3.63, 3.8) is 0 Å². The van der Waals surface area contributed by atoms with E-state index in [9.17, 15) is 4.79 Å². The van der Waals surface area contributed by atoms with E-state index in [1.807, 2.05) is 31.3 Å². The van der Waals surface area contributed by atoms with Crippen LogP contribution in [0, 0.1) is 0 Å². The molecule has 0 aliphatic carbocycles. The number of carbonyl (C=O) groups excluding carboxylic acids is 1. The number of nitrogens with zero attached hydrogens (tertiary/aromatic N) is 2. The van der Waals surface area contributed by atoms with Gasteiger partial charge in [-0.05, 0) is 18.2 Å². The molecule has 3 rings (SSSR count). The molecule has 20 heavy (non-hydrogen) atoms. The van der Waals surface area contributed by atoms with E-state index in [0.29, 0.717) is 16.4 Å². The van der Waals surface area contributed by atoms with Crippen LogP contribution in [0.15, 0.2) is 48.8 Å². The lowest BCUT2D eigenvalue weighted by molar-refractivity contribution is 0.102. The fourth-order valence-electron chi connectivity index (χ4n) is 2.21. The fraction of sp³-hybridized carbons (Fsp3) is 0.0667. The van der Waals surface area contributed by atoms with Gasteiger partial charge in [0, 0.05) is 24.1 Å². The van der Waals surface area contributed by atoms with E-state index < -0.39 is 0 Å². The second-order valence-corrected chi connectivity index (χ2v) is 4.80. The standard InChI is InChI=1S/C15H12ClN3O/c1-19-12-7-3-2-6-11(12)13(14(19)16)15(20)18-10-5-4-8-17-9-10/h2-9H,1H3,(H,18,20). The van der Waals surface area contributed by atoms with Crippen LogP contribution in [0.4, 0.5) is 5.69 Å². The Labute approximate surface area is 121 Å². The molecule has 2 heterocycles. The number of aromatic nitrogens is 2. The Morgan fingerprint density at radius 1 is 1.25 bits per heavy atom. The summed E-state index contributed by atoms with van der Waals surface area (Å²) in [5, 5.41) is 4.06. The minimum atomic E-state index is -0.236. The molecule has 0 saturated heterocycles. The smallest absolute Gasteiger partial charge is 0.259 e. The number of rotatable bonds is 2. The molecule has 0 aliphatic heterocycles. The molecular formula is C15H12ClN3O. The van der Waals surface area contributed by atoms with Gasteiger partial charge in [-0.2, -0.15) is 0 Å². The summed E-state index contributed by atoms with van der Waals surface area (Å²) in [6.45, 7) is 0. The maximum atomic E-state index is 12.4. The van der Waals surface area contributed by atoms with Gasteiger partial charge in [-0.3, -0.25) is 9.78 Å². The minimum Gasteiger partial charge on any atom is -0.334 e. The number of pyridine rings is 1. The fourth-order valence-corrected chi connectivity index (χ4v) is 2.49. The van der Waals surface area contributed by atoms with Crippen LogP contribution >= 0.6 is 11.6 Å². The Hall–Kier alpha value is -2.33. The number of anilines is 1. The number of hydrogen-bond acceptors (Lipinski definition) is 2. The molecule has 0 aliphatic rings. The third-order valence-corrected chi connectivity index (χ3v) is 3.62. The number of amides is 1. The number of para-hydroxylation sites is 1. The van der Waals surface area contributed by atoms with Crippen LogP contribution in [0.25, 0.3) is 10.9 Å². The van der Waals surface area contributed by atoms with Crippen LogP contribution in [0.5, 0.6) is 0 Å². The first kappa shape index (κ1) is 12.7. The van der Waals surface area contributed by atoms with E-state index in [-0.39, 0.29) is 5.91 Å². The number of benzene rings is 1. The zero-order valence-electron chi connectivity index (χ0n) is 10.8. The third kappa shape index (κ3) is 2.04. The van der Waals surface area contributed by atoms with Gasteiger partial charge in [-0.25, -0.2) is 0 Å². The molecule has 0 radical (unpaired) electrons. The van der Waals surface area contributed by atoms with Crippen LogP contribution in [0.1, 0.15) is 10.4 Å². The highest BCUT2D eigenvalue weighted by Crippen LogP contribution is 2.29. The van der Waals surface area contributed by atoms with Crippen molar-refractivity contribution in [2.24, 2.45) is 7.05 Å². The largest absolute Gasteiger partial charge is 0.334 e. The van der Waals surface area contributed by atoms with Gasteiger partial charge in [-0.15, -0.1) is 0 Å². The van der Waals surface area contributed by atoms with Crippen molar-refractivity contribution >= 4 is 34.1 Å². The Morgan fingerprint density at radius 2 is 2.05 bits per heavy atom. The van der Waals surface area contributed by atoms with Gasteiger partial charge in [0.25, 0.3) is 5.91 Å². The van der Waals surface area contributed by atoms with Gasteiger partial charge in [-0.1, -0.05) is 29.8 Å². The first-order valence-corrected chi connectivity index (χ1v) is 6.50. The zero-order chi connectivity index (χ0) is 14.1. The summed E-state index contributed by atoms with van der Waals surface area (Å²) in [6.07, 6.45) is 3.25. The third-order valence-electron chi connectivity index (χ3n) is 3.18. The SMILES string of the molecule is Cn1c(Cl)c(C(=O)Nc2cccnc2)c2ccccc21. The number of aryl methyl sites for hydroxylation is 1. The number of halogens is 1. The van der Waals surface area contributed by atoms with Crippen LogP contribution < -0.4 is 5.32 Å². The second-order valence-electron chi connectivity index (χ2n) is 4.44. The van der Waals surface area contributed by atoms with Crippen LogP contribution in [-0.4, -0.2) is 15.5 Å². The Balaban J connectivity index is 2.06. The molecule has 4 nitrogen and oxygen atoms in total. The first-order chi connectivity index (χ1) is 9.68. The van der Waals surface area contributed by atoms with Gasteiger partial charge in [0.15, 0.2) is 0 Å². The highest BCUT2D eigenvalue weighted by Gasteiger charge is 2.19. The zero-order valence-corrected chi connectivity index (χ0v) is 11.6. The summed E-state index contributed by atoms with van der Waals surface area (Å²) in [6, 6.07) is 11.2. The highest BCUT2D eigenvalue weighted by atomic mass is 35.5. The summed E-state index contributed by atoms with van der Waals surface area (Å²) in [5.74, 6) is -0.236. The molecule has 1 aromatic carbocycles. The molecule has 0 spiro atoms. The highest BCUT2D eigenvalue weighted by molar-refractivity contribution is 6.36. The molecule has 0 atom stereocenters. The quantitative estimate of drug-likeness (QED) is 0.783. The van der Waals surface area contributed by atoms with E-state index in [0.717, 1.165) is 10.9 Å². The second kappa shape index (κ2) is 4.98. The number of carbonyl (C=O) groups is 1. The van der Waals surface area contributed by atoms with Crippen molar-refractivity contribution in [2.75, 3.05) is 5.32 Å². The number of fused-ring (bicyclic) bond motifs is 1. The lowest BCUT2D eigenvalue weighted by Crippen LogP contribution is -2.12.